The fourth-order valence-corrected chi connectivity index (χ4v) is 4.79. The Bertz CT molecular complexity index is 989. The number of nitrogens with zero attached hydrogens (tertiary/aromatic N) is 1. The second kappa shape index (κ2) is 9.78. The predicted molar refractivity (Wildman–Crippen MR) is 115 cm³/mol. The molecule has 1 saturated heterocycles. The molecule has 0 radical (unpaired) electrons. The average Bonchev–Trinajstić information content (AvgIpc) is 2.75. The molecule has 1 fully saturated rings. The summed E-state index contributed by atoms with van der Waals surface area (Å²) < 4.78 is 37.8. The quantitative estimate of drug-likeness (QED) is 0.697. The highest BCUT2D eigenvalue weighted by Crippen LogP contribution is 2.25. The van der Waals surface area contributed by atoms with Crippen molar-refractivity contribution >= 4 is 27.5 Å². The van der Waals surface area contributed by atoms with E-state index in [1.54, 1.807) is 0 Å². The van der Waals surface area contributed by atoms with Gasteiger partial charge in [0.2, 0.25) is 10.0 Å². The highest BCUT2D eigenvalue weighted by Gasteiger charge is 2.27. The Labute approximate surface area is 182 Å². The lowest BCUT2D eigenvalue weighted by molar-refractivity contribution is 0.0730. The Kier molecular flexibility index (Phi) is 7.36. The summed E-state index contributed by atoms with van der Waals surface area (Å²) in [5.74, 6) is 0.309. The molecule has 1 atom stereocenters. The summed E-state index contributed by atoms with van der Waals surface area (Å²) in [7, 11) is -3.72. The van der Waals surface area contributed by atoms with Gasteiger partial charge in [-0.3, -0.25) is 4.79 Å². The van der Waals surface area contributed by atoms with E-state index in [0.717, 1.165) is 11.3 Å². The number of halogens is 1. The van der Waals surface area contributed by atoms with Crippen molar-refractivity contribution in [1.29, 1.82) is 0 Å². The number of morpholine rings is 1. The molecule has 1 heterocycles. The van der Waals surface area contributed by atoms with Crippen LogP contribution in [0.5, 0.6) is 5.75 Å². The van der Waals surface area contributed by atoms with Crippen molar-refractivity contribution in [3.63, 3.8) is 0 Å². The highest BCUT2D eigenvalue weighted by molar-refractivity contribution is 7.89. The minimum absolute atomic E-state index is 0.0349. The minimum atomic E-state index is -3.72. The summed E-state index contributed by atoms with van der Waals surface area (Å²) in [5, 5.41) is 3.06. The van der Waals surface area contributed by atoms with E-state index >= 15 is 0 Å². The maximum atomic E-state index is 12.9. The number of carbonyl (C=O) groups excluding carboxylic acids is 1. The SMILES string of the molecule is CCOc1ccc(C(C)NC(=O)c2cc(S(=O)(=O)N3CCOCC3)ccc2Cl)cc1. The van der Waals surface area contributed by atoms with E-state index in [0.29, 0.717) is 19.8 Å². The maximum Gasteiger partial charge on any atom is 0.253 e. The molecule has 1 N–H and O–H groups in total. The maximum absolute atomic E-state index is 12.9. The Morgan fingerprint density at radius 1 is 1.20 bits per heavy atom. The molecule has 30 heavy (non-hydrogen) atoms. The highest BCUT2D eigenvalue weighted by atomic mass is 35.5. The van der Waals surface area contributed by atoms with Crippen LogP contribution in [0.4, 0.5) is 0 Å². The Morgan fingerprint density at radius 2 is 1.87 bits per heavy atom. The van der Waals surface area contributed by atoms with Crippen molar-refractivity contribution in [2.75, 3.05) is 32.9 Å². The minimum Gasteiger partial charge on any atom is -0.494 e. The number of benzene rings is 2. The second-order valence-corrected chi connectivity index (χ2v) is 9.20. The van der Waals surface area contributed by atoms with E-state index in [4.69, 9.17) is 21.1 Å². The molecule has 0 bridgehead atoms. The van der Waals surface area contributed by atoms with Gasteiger partial charge in [-0.25, -0.2) is 8.42 Å². The monoisotopic (exact) mass is 452 g/mol. The number of amides is 1. The van der Waals surface area contributed by atoms with Gasteiger partial charge in [-0.1, -0.05) is 23.7 Å². The number of nitrogens with one attached hydrogen (secondary N) is 1. The van der Waals surface area contributed by atoms with Crippen molar-refractivity contribution in [3.8, 4) is 5.75 Å². The standard InChI is InChI=1S/C21H25ClN2O5S/c1-3-29-17-6-4-16(5-7-17)15(2)23-21(25)19-14-18(8-9-20(19)22)30(26,27)24-10-12-28-13-11-24/h4-9,14-15H,3,10-13H2,1-2H3,(H,23,25). The number of sulfonamides is 1. The third kappa shape index (κ3) is 5.13. The van der Waals surface area contributed by atoms with Gasteiger partial charge < -0.3 is 14.8 Å². The van der Waals surface area contributed by atoms with Crippen molar-refractivity contribution in [2.24, 2.45) is 0 Å². The normalized spacial score (nSPS) is 16.1. The van der Waals surface area contributed by atoms with Gasteiger partial charge in [0.15, 0.2) is 0 Å². The summed E-state index contributed by atoms with van der Waals surface area (Å²) in [5.41, 5.74) is 1.00. The van der Waals surface area contributed by atoms with Gasteiger partial charge in [0.05, 0.1) is 41.3 Å². The fraction of sp³-hybridized carbons (Fsp3) is 0.381. The van der Waals surface area contributed by atoms with Crippen LogP contribution in [-0.2, 0) is 14.8 Å². The van der Waals surface area contributed by atoms with Gasteiger partial charge in [0, 0.05) is 13.1 Å². The topological polar surface area (TPSA) is 84.9 Å². The summed E-state index contributed by atoms with van der Waals surface area (Å²) >= 11 is 6.21. The van der Waals surface area contributed by atoms with Crippen molar-refractivity contribution in [1.82, 2.24) is 9.62 Å². The lowest BCUT2D eigenvalue weighted by atomic mass is 10.1. The van der Waals surface area contributed by atoms with Crippen LogP contribution in [0.1, 0.15) is 35.8 Å². The van der Waals surface area contributed by atoms with Gasteiger partial charge in [0.25, 0.3) is 5.91 Å². The van der Waals surface area contributed by atoms with Crippen LogP contribution in [0.25, 0.3) is 0 Å². The Morgan fingerprint density at radius 3 is 2.50 bits per heavy atom. The molecule has 2 aromatic rings. The van der Waals surface area contributed by atoms with Crippen molar-refractivity contribution < 1.29 is 22.7 Å². The molecular weight excluding hydrogens is 428 g/mol. The molecule has 3 rings (SSSR count). The molecule has 1 unspecified atom stereocenters. The van der Waals surface area contributed by atoms with E-state index in [2.05, 4.69) is 5.32 Å². The number of rotatable bonds is 7. The first-order valence-electron chi connectivity index (χ1n) is 9.74. The third-order valence-corrected chi connectivity index (χ3v) is 7.05. The molecule has 0 saturated carbocycles. The van der Waals surface area contributed by atoms with E-state index in [9.17, 15) is 13.2 Å². The average molecular weight is 453 g/mol. The number of carbonyl (C=O) groups is 1. The van der Waals surface area contributed by atoms with Crippen LogP contribution in [0.3, 0.4) is 0 Å². The van der Waals surface area contributed by atoms with Crippen LogP contribution in [0.2, 0.25) is 5.02 Å². The van der Waals surface area contributed by atoms with Gasteiger partial charge >= 0.3 is 0 Å². The first-order valence-corrected chi connectivity index (χ1v) is 11.6. The smallest absolute Gasteiger partial charge is 0.253 e. The molecule has 1 aliphatic rings. The molecule has 0 spiro atoms. The zero-order valence-electron chi connectivity index (χ0n) is 16.9. The van der Waals surface area contributed by atoms with Crippen LogP contribution >= 0.6 is 11.6 Å². The molecule has 7 nitrogen and oxygen atoms in total. The van der Waals surface area contributed by atoms with Crippen LogP contribution < -0.4 is 10.1 Å². The van der Waals surface area contributed by atoms with E-state index in [1.807, 2.05) is 38.1 Å². The fourth-order valence-electron chi connectivity index (χ4n) is 3.15. The molecule has 0 aliphatic carbocycles. The largest absolute Gasteiger partial charge is 0.494 e. The van der Waals surface area contributed by atoms with Gasteiger partial charge in [-0.05, 0) is 49.7 Å². The lowest BCUT2D eigenvalue weighted by Gasteiger charge is -2.26. The van der Waals surface area contributed by atoms with E-state index in [1.165, 1.54) is 22.5 Å². The summed E-state index contributed by atoms with van der Waals surface area (Å²) in [6.07, 6.45) is 0. The molecule has 0 aromatic heterocycles. The van der Waals surface area contributed by atoms with Gasteiger partial charge in [-0.2, -0.15) is 4.31 Å². The molecular formula is C21H25ClN2O5S. The molecule has 9 heteroatoms. The van der Waals surface area contributed by atoms with Gasteiger partial charge in [0.1, 0.15) is 5.75 Å². The molecule has 1 amide bonds. The first kappa shape index (κ1) is 22.6. The number of hydrogen-bond acceptors (Lipinski definition) is 5. The van der Waals surface area contributed by atoms with E-state index < -0.39 is 15.9 Å². The number of hydrogen-bond donors (Lipinski definition) is 1. The molecule has 162 valence electrons. The third-order valence-electron chi connectivity index (χ3n) is 4.83. The Hall–Kier alpha value is -2.13. The van der Waals surface area contributed by atoms with Crippen LogP contribution in [-0.4, -0.2) is 51.5 Å². The first-order chi connectivity index (χ1) is 14.3. The molecule has 1 aliphatic heterocycles. The molecule has 2 aromatic carbocycles. The van der Waals surface area contributed by atoms with Crippen molar-refractivity contribution in [3.05, 3.63) is 58.6 Å². The zero-order valence-corrected chi connectivity index (χ0v) is 18.5. The van der Waals surface area contributed by atoms with Crippen LogP contribution in [0, 0.1) is 0 Å². The summed E-state index contributed by atoms with van der Waals surface area (Å²) in [4.78, 5) is 12.9. The van der Waals surface area contributed by atoms with Crippen LogP contribution in [0.15, 0.2) is 47.4 Å². The van der Waals surface area contributed by atoms with Gasteiger partial charge in [-0.15, -0.1) is 0 Å². The second-order valence-electron chi connectivity index (χ2n) is 6.86. The predicted octanol–water partition coefficient (Wildman–Crippen LogP) is 3.25. The Balaban J connectivity index is 1.77. The lowest BCUT2D eigenvalue weighted by Crippen LogP contribution is -2.40. The number of ether oxygens (including phenoxy) is 2. The summed E-state index contributed by atoms with van der Waals surface area (Å²) in [6.45, 7) is 5.58. The van der Waals surface area contributed by atoms with Crippen molar-refractivity contribution in [2.45, 2.75) is 24.8 Å². The van der Waals surface area contributed by atoms with E-state index in [-0.39, 0.29) is 34.6 Å². The zero-order chi connectivity index (χ0) is 21.7. The summed E-state index contributed by atoms with van der Waals surface area (Å²) in [6, 6.07) is 11.3.